The number of hydrogen-bond donors (Lipinski definition) is 1. The molecule has 0 unspecified atom stereocenters. The minimum absolute atomic E-state index is 0.0394. The van der Waals surface area contributed by atoms with E-state index in [0.717, 1.165) is 16.0 Å². The maximum Gasteiger partial charge on any atom is 0.509 e. The minimum Gasteiger partial charge on any atom is -0.444 e. The highest BCUT2D eigenvalue weighted by atomic mass is 32.1. The van der Waals surface area contributed by atoms with Crippen molar-refractivity contribution in [3.8, 4) is 10.4 Å². The first-order valence-corrected chi connectivity index (χ1v) is 16.9. The largest absolute Gasteiger partial charge is 0.509 e. The van der Waals surface area contributed by atoms with Gasteiger partial charge >= 0.3 is 18.3 Å². The Balaban J connectivity index is 1.38. The molecule has 3 atom stereocenters. The van der Waals surface area contributed by atoms with Gasteiger partial charge in [0, 0.05) is 12.7 Å². The van der Waals surface area contributed by atoms with Gasteiger partial charge in [-0.3, -0.25) is 4.90 Å². The van der Waals surface area contributed by atoms with Crippen molar-refractivity contribution in [2.75, 3.05) is 24.5 Å². The number of halogens is 3. The Bertz CT molecular complexity index is 1680. The van der Waals surface area contributed by atoms with E-state index < -0.39 is 59.5 Å². The summed E-state index contributed by atoms with van der Waals surface area (Å²) in [6, 6.07) is 12.2. The normalized spacial score (nSPS) is 20.1. The minimum atomic E-state index is -2.71. The molecule has 0 saturated carbocycles. The average Bonchev–Trinajstić information content (AvgIpc) is 3.59. The summed E-state index contributed by atoms with van der Waals surface area (Å²) in [4.78, 5) is 47.5. The number of carbonyl (C=O) groups excluding carboxylic acids is 3. The number of carbonyl (C=O) groups is 3. The van der Waals surface area contributed by atoms with Crippen LogP contribution in [0, 0.1) is 5.82 Å². The van der Waals surface area contributed by atoms with Crippen molar-refractivity contribution in [3.05, 3.63) is 71.7 Å². The first kappa shape index (κ1) is 36.7. The average molecular weight is 719 g/mol. The van der Waals surface area contributed by atoms with Gasteiger partial charge in [0.15, 0.2) is 17.3 Å². The number of amides is 2. The Kier molecular flexibility index (Phi) is 10.6. The fraction of sp³-hybridized carbons (Fsp3) is 0.486. The van der Waals surface area contributed by atoms with Crippen LogP contribution in [0.1, 0.15) is 52.7 Å². The van der Waals surface area contributed by atoms with Crippen LogP contribution in [0.2, 0.25) is 0 Å². The van der Waals surface area contributed by atoms with E-state index in [9.17, 15) is 27.6 Å². The SMILES string of the molecule is CC(C)(C)OC(=O)O[C@H]1CN(C(=O)OC(C)(C)C)[C@H](Cc2ccc(-c3cnc(N4CC(F)(F)C4)s3)cc2)[C@@H]1OC(=O)NCc1cccc(F)c1. The van der Waals surface area contributed by atoms with E-state index in [0.29, 0.717) is 10.7 Å². The summed E-state index contributed by atoms with van der Waals surface area (Å²) in [5.74, 6) is -3.17. The Labute approximate surface area is 292 Å². The number of aromatic nitrogens is 1. The topological polar surface area (TPSA) is 120 Å². The number of benzene rings is 2. The molecule has 15 heteroatoms. The molecule has 0 aliphatic carbocycles. The number of rotatable bonds is 8. The number of ether oxygens (including phenoxy) is 4. The van der Waals surface area contributed by atoms with E-state index in [1.54, 1.807) is 53.8 Å². The lowest BCUT2D eigenvalue weighted by Gasteiger charge is -2.38. The highest BCUT2D eigenvalue weighted by molar-refractivity contribution is 7.18. The fourth-order valence-electron chi connectivity index (χ4n) is 5.50. The Morgan fingerprint density at radius 3 is 2.26 bits per heavy atom. The molecular weight excluding hydrogens is 677 g/mol. The van der Waals surface area contributed by atoms with Crippen LogP contribution in [0.4, 0.5) is 32.7 Å². The first-order chi connectivity index (χ1) is 23.3. The number of likely N-dealkylation sites (tertiary alicyclic amines) is 1. The molecule has 50 heavy (non-hydrogen) atoms. The fourth-order valence-corrected chi connectivity index (χ4v) is 6.42. The van der Waals surface area contributed by atoms with Crippen molar-refractivity contribution < 1.29 is 46.5 Å². The van der Waals surface area contributed by atoms with Crippen LogP contribution in [0.5, 0.6) is 0 Å². The van der Waals surface area contributed by atoms with E-state index in [1.807, 2.05) is 24.3 Å². The summed E-state index contributed by atoms with van der Waals surface area (Å²) < 4.78 is 63.0. The molecular formula is C35H41F3N4O7S. The highest BCUT2D eigenvalue weighted by Gasteiger charge is 2.50. The zero-order chi connectivity index (χ0) is 36.4. The molecule has 270 valence electrons. The smallest absolute Gasteiger partial charge is 0.444 e. The van der Waals surface area contributed by atoms with Gasteiger partial charge in [0.25, 0.3) is 5.92 Å². The maximum absolute atomic E-state index is 13.7. The molecule has 5 rings (SSSR count). The van der Waals surface area contributed by atoms with Crippen molar-refractivity contribution in [2.24, 2.45) is 0 Å². The number of nitrogens with zero attached hydrogens (tertiary/aromatic N) is 3. The van der Waals surface area contributed by atoms with E-state index in [2.05, 4.69) is 10.3 Å². The molecule has 1 aromatic heterocycles. The van der Waals surface area contributed by atoms with Crippen molar-refractivity contribution in [3.63, 3.8) is 0 Å². The number of thiazole rings is 1. The number of alkyl halides is 2. The standard InChI is InChI=1S/C35H41F3N4O7S/c1-33(2,3)48-31(44)42-18-26(46-32(45)49-34(4,5)6)28(47-30(43)40-16-22-8-7-9-24(36)14-22)25(42)15-21-10-12-23(13-11-21)27-17-39-29(50-27)41-19-35(37,38)20-41/h7-14,17,25-26,28H,15-16,18-20H2,1-6H3,(H,40,43)/t25-,26+,28+/m1/s1. The van der Waals surface area contributed by atoms with E-state index >= 15 is 0 Å². The molecule has 2 aliphatic heterocycles. The second-order valence-electron chi connectivity index (χ2n) is 14.3. The van der Waals surface area contributed by atoms with E-state index in [1.165, 1.54) is 39.3 Å². The lowest BCUT2D eigenvalue weighted by atomic mass is 9.99. The monoisotopic (exact) mass is 718 g/mol. The zero-order valence-corrected chi connectivity index (χ0v) is 29.5. The third kappa shape index (κ3) is 9.79. The molecule has 2 fully saturated rings. The summed E-state index contributed by atoms with van der Waals surface area (Å²) in [5.41, 5.74) is 0.338. The van der Waals surface area contributed by atoms with Crippen LogP contribution < -0.4 is 10.2 Å². The summed E-state index contributed by atoms with van der Waals surface area (Å²) in [7, 11) is 0. The van der Waals surface area contributed by atoms with Crippen molar-refractivity contribution in [1.82, 2.24) is 15.2 Å². The Hall–Kier alpha value is -4.53. The second-order valence-corrected chi connectivity index (χ2v) is 15.3. The van der Waals surface area contributed by atoms with Crippen LogP contribution >= 0.6 is 11.3 Å². The summed E-state index contributed by atoms with van der Waals surface area (Å²) in [5, 5.41) is 3.11. The molecule has 0 spiro atoms. The lowest BCUT2D eigenvalue weighted by molar-refractivity contribution is -0.0518. The quantitative estimate of drug-likeness (QED) is 0.191. The van der Waals surface area contributed by atoms with Gasteiger partial charge in [-0.2, -0.15) is 0 Å². The maximum atomic E-state index is 13.7. The highest BCUT2D eigenvalue weighted by Crippen LogP contribution is 2.38. The van der Waals surface area contributed by atoms with Crippen LogP contribution in [0.15, 0.2) is 54.7 Å². The molecule has 3 heterocycles. The van der Waals surface area contributed by atoms with Gasteiger partial charge in [-0.1, -0.05) is 47.7 Å². The van der Waals surface area contributed by atoms with Gasteiger partial charge in [0.1, 0.15) is 17.0 Å². The van der Waals surface area contributed by atoms with Crippen molar-refractivity contribution in [2.45, 2.75) is 89.9 Å². The Morgan fingerprint density at radius 2 is 1.64 bits per heavy atom. The number of nitrogens with one attached hydrogen (secondary N) is 1. The lowest BCUT2D eigenvalue weighted by Crippen LogP contribution is -2.56. The summed E-state index contributed by atoms with van der Waals surface area (Å²) in [6.45, 7) is 9.26. The number of anilines is 1. The molecule has 1 N–H and O–H groups in total. The van der Waals surface area contributed by atoms with Gasteiger partial charge in [-0.25, -0.2) is 32.5 Å². The third-order valence-corrected chi connectivity index (χ3v) is 8.76. The van der Waals surface area contributed by atoms with E-state index in [-0.39, 0.29) is 32.6 Å². The molecule has 2 amide bonds. The molecule has 0 radical (unpaired) electrons. The van der Waals surface area contributed by atoms with E-state index in [4.69, 9.17) is 18.9 Å². The van der Waals surface area contributed by atoms with Gasteiger partial charge in [-0.05, 0) is 76.8 Å². The molecule has 3 aromatic rings. The zero-order valence-electron chi connectivity index (χ0n) is 28.7. The molecule has 2 aromatic carbocycles. The van der Waals surface area contributed by atoms with Crippen LogP contribution in [-0.2, 0) is 31.9 Å². The van der Waals surface area contributed by atoms with Gasteiger partial charge in [0.2, 0.25) is 0 Å². The van der Waals surface area contributed by atoms with Gasteiger partial charge < -0.3 is 29.2 Å². The molecule has 2 saturated heterocycles. The predicted octanol–water partition coefficient (Wildman–Crippen LogP) is 7.18. The van der Waals surface area contributed by atoms with Crippen molar-refractivity contribution >= 4 is 34.8 Å². The Morgan fingerprint density at radius 1 is 0.960 bits per heavy atom. The number of hydrogen-bond acceptors (Lipinski definition) is 10. The van der Waals surface area contributed by atoms with Gasteiger partial charge in [0.05, 0.1) is 30.6 Å². The molecule has 0 bridgehead atoms. The summed E-state index contributed by atoms with van der Waals surface area (Å²) >= 11 is 1.31. The predicted molar refractivity (Wildman–Crippen MR) is 180 cm³/mol. The third-order valence-electron chi connectivity index (χ3n) is 7.65. The van der Waals surface area contributed by atoms with Crippen LogP contribution in [-0.4, -0.2) is 83.2 Å². The second kappa shape index (κ2) is 14.4. The molecule has 2 aliphatic rings. The number of alkyl carbamates (subject to hydrolysis) is 1. The molecule has 11 nitrogen and oxygen atoms in total. The van der Waals surface area contributed by atoms with Crippen molar-refractivity contribution in [1.29, 1.82) is 0 Å². The van der Waals surface area contributed by atoms with Crippen LogP contribution in [0.3, 0.4) is 0 Å². The van der Waals surface area contributed by atoms with Gasteiger partial charge in [-0.15, -0.1) is 0 Å². The summed E-state index contributed by atoms with van der Waals surface area (Å²) in [6.07, 6.45) is -3.03. The van der Waals surface area contributed by atoms with Crippen LogP contribution in [0.25, 0.3) is 10.4 Å². The first-order valence-electron chi connectivity index (χ1n) is 16.1.